The van der Waals surface area contributed by atoms with E-state index in [1.165, 1.54) is 5.06 Å². The number of anilines is 1. The summed E-state index contributed by atoms with van der Waals surface area (Å²) in [6.45, 7) is 1.93. The van der Waals surface area contributed by atoms with Crippen LogP contribution in [0.25, 0.3) is 6.08 Å². The molecule has 0 fully saturated rings. The lowest BCUT2D eigenvalue weighted by atomic mass is 10.1. The molecule has 0 aliphatic carbocycles. The largest absolute Gasteiger partial charge is 0.497 e. The maximum absolute atomic E-state index is 9.73. The second-order valence-corrected chi connectivity index (χ2v) is 3.37. The molecule has 1 aromatic carbocycles. The molecule has 0 saturated heterocycles. The van der Waals surface area contributed by atoms with Crippen molar-refractivity contribution >= 4 is 11.8 Å². The number of hydrogen-bond acceptors (Lipinski definition) is 3. The maximum Gasteiger partial charge on any atom is 0.119 e. The van der Waals surface area contributed by atoms with Gasteiger partial charge in [0.1, 0.15) is 5.75 Å². The molecule has 1 aliphatic heterocycles. The predicted octanol–water partition coefficient (Wildman–Crippen LogP) is 2.31. The third-order valence-electron chi connectivity index (χ3n) is 2.42. The molecule has 1 N–H and O–H groups in total. The summed E-state index contributed by atoms with van der Waals surface area (Å²) in [7, 11) is 1.63. The van der Waals surface area contributed by atoms with Gasteiger partial charge in [-0.1, -0.05) is 12.2 Å². The Kier molecular flexibility index (Phi) is 2.17. The third kappa shape index (κ3) is 1.36. The highest BCUT2D eigenvalue weighted by Crippen LogP contribution is 2.30. The van der Waals surface area contributed by atoms with Crippen molar-refractivity contribution in [3.05, 3.63) is 29.8 Å². The van der Waals surface area contributed by atoms with Crippen molar-refractivity contribution in [2.45, 2.75) is 13.0 Å². The molecular formula is C11H13NO2. The van der Waals surface area contributed by atoms with Gasteiger partial charge in [-0.3, -0.25) is 5.21 Å². The Morgan fingerprint density at radius 1 is 1.43 bits per heavy atom. The molecule has 0 saturated carbocycles. The molecule has 1 aromatic rings. The fourth-order valence-electron chi connectivity index (χ4n) is 1.55. The van der Waals surface area contributed by atoms with Crippen molar-refractivity contribution in [3.63, 3.8) is 0 Å². The fourth-order valence-corrected chi connectivity index (χ4v) is 1.55. The van der Waals surface area contributed by atoms with Gasteiger partial charge in [-0.25, -0.2) is 5.06 Å². The SMILES string of the molecule is COc1ccc2c(c1)C=CC(C)N2O. The maximum atomic E-state index is 9.73. The molecule has 3 nitrogen and oxygen atoms in total. The lowest BCUT2D eigenvalue weighted by Crippen LogP contribution is -2.30. The van der Waals surface area contributed by atoms with E-state index >= 15 is 0 Å². The minimum atomic E-state index is 0.0240. The van der Waals surface area contributed by atoms with E-state index in [0.717, 1.165) is 17.0 Å². The first-order valence-electron chi connectivity index (χ1n) is 4.56. The number of ether oxygens (including phenoxy) is 1. The van der Waals surface area contributed by atoms with Crippen LogP contribution in [0.3, 0.4) is 0 Å². The average Bonchev–Trinajstić information content (AvgIpc) is 2.23. The molecule has 1 unspecified atom stereocenters. The molecule has 1 aliphatic rings. The Morgan fingerprint density at radius 3 is 2.93 bits per heavy atom. The summed E-state index contributed by atoms with van der Waals surface area (Å²) in [6.07, 6.45) is 3.94. The van der Waals surface area contributed by atoms with Crippen LogP contribution in [0.5, 0.6) is 5.75 Å². The van der Waals surface area contributed by atoms with Crippen LogP contribution in [0.4, 0.5) is 5.69 Å². The van der Waals surface area contributed by atoms with Gasteiger partial charge in [-0.05, 0) is 25.1 Å². The molecule has 2 rings (SSSR count). The third-order valence-corrected chi connectivity index (χ3v) is 2.42. The van der Waals surface area contributed by atoms with Gasteiger partial charge in [-0.15, -0.1) is 0 Å². The molecule has 0 aromatic heterocycles. The first-order chi connectivity index (χ1) is 6.72. The Labute approximate surface area is 83.2 Å². The van der Waals surface area contributed by atoms with Gasteiger partial charge in [0.15, 0.2) is 0 Å². The van der Waals surface area contributed by atoms with E-state index in [2.05, 4.69) is 0 Å². The van der Waals surface area contributed by atoms with Crippen LogP contribution in [0.2, 0.25) is 0 Å². The number of hydrogen-bond donors (Lipinski definition) is 1. The summed E-state index contributed by atoms with van der Waals surface area (Å²) in [5.74, 6) is 0.802. The van der Waals surface area contributed by atoms with Gasteiger partial charge in [0.2, 0.25) is 0 Å². The number of hydroxylamine groups is 1. The second kappa shape index (κ2) is 3.35. The van der Waals surface area contributed by atoms with E-state index in [1.54, 1.807) is 7.11 Å². The number of rotatable bonds is 1. The molecule has 1 heterocycles. The minimum absolute atomic E-state index is 0.0240. The van der Waals surface area contributed by atoms with Crippen LogP contribution in [-0.4, -0.2) is 18.4 Å². The van der Waals surface area contributed by atoms with Crippen LogP contribution in [-0.2, 0) is 0 Å². The van der Waals surface area contributed by atoms with Crippen molar-refractivity contribution in [2.24, 2.45) is 0 Å². The Balaban J connectivity index is 2.46. The molecule has 0 amide bonds. The number of methoxy groups -OCH3 is 1. The quantitative estimate of drug-likeness (QED) is 0.739. The smallest absolute Gasteiger partial charge is 0.119 e. The Morgan fingerprint density at radius 2 is 2.21 bits per heavy atom. The van der Waals surface area contributed by atoms with Gasteiger partial charge in [0.25, 0.3) is 0 Å². The monoisotopic (exact) mass is 191 g/mol. The molecular weight excluding hydrogens is 178 g/mol. The second-order valence-electron chi connectivity index (χ2n) is 3.37. The highest BCUT2D eigenvalue weighted by atomic mass is 16.5. The van der Waals surface area contributed by atoms with E-state index in [9.17, 15) is 5.21 Å². The number of nitrogens with zero attached hydrogens (tertiary/aromatic N) is 1. The lowest BCUT2D eigenvalue weighted by Gasteiger charge is -2.27. The zero-order valence-electron chi connectivity index (χ0n) is 8.27. The van der Waals surface area contributed by atoms with Crippen molar-refractivity contribution in [3.8, 4) is 5.75 Å². The lowest BCUT2D eigenvalue weighted by molar-refractivity contribution is 0.237. The molecule has 0 spiro atoms. The van der Waals surface area contributed by atoms with Crippen LogP contribution >= 0.6 is 0 Å². The topological polar surface area (TPSA) is 32.7 Å². The zero-order chi connectivity index (χ0) is 10.1. The van der Waals surface area contributed by atoms with Crippen LogP contribution in [0.1, 0.15) is 12.5 Å². The standard InChI is InChI=1S/C11H13NO2/c1-8-3-4-9-7-10(14-2)5-6-11(9)12(8)13/h3-8,13H,1-2H3. The Hall–Kier alpha value is -1.48. The van der Waals surface area contributed by atoms with Crippen molar-refractivity contribution in [1.29, 1.82) is 0 Å². The van der Waals surface area contributed by atoms with Crippen LogP contribution in [0.15, 0.2) is 24.3 Å². The normalized spacial score (nSPS) is 19.4. The summed E-state index contributed by atoms with van der Waals surface area (Å²) < 4.78 is 5.11. The summed E-state index contributed by atoms with van der Waals surface area (Å²) in [4.78, 5) is 0. The van der Waals surface area contributed by atoms with Crippen molar-refractivity contribution in [2.75, 3.05) is 12.2 Å². The highest BCUT2D eigenvalue weighted by molar-refractivity contribution is 5.72. The van der Waals surface area contributed by atoms with E-state index in [-0.39, 0.29) is 6.04 Å². The summed E-state index contributed by atoms with van der Waals surface area (Å²) in [6, 6.07) is 5.62. The molecule has 0 bridgehead atoms. The molecule has 14 heavy (non-hydrogen) atoms. The van der Waals surface area contributed by atoms with Gasteiger partial charge >= 0.3 is 0 Å². The van der Waals surface area contributed by atoms with Gasteiger partial charge < -0.3 is 4.74 Å². The first kappa shape index (κ1) is 9.09. The van der Waals surface area contributed by atoms with Gasteiger partial charge in [-0.2, -0.15) is 0 Å². The number of fused-ring (bicyclic) bond motifs is 1. The van der Waals surface area contributed by atoms with Crippen LogP contribution < -0.4 is 9.80 Å². The van der Waals surface area contributed by atoms with Crippen molar-refractivity contribution < 1.29 is 9.94 Å². The van der Waals surface area contributed by atoms with Gasteiger partial charge in [0.05, 0.1) is 18.8 Å². The molecule has 74 valence electrons. The van der Waals surface area contributed by atoms with Crippen LogP contribution in [0, 0.1) is 0 Å². The zero-order valence-corrected chi connectivity index (χ0v) is 8.27. The van der Waals surface area contributed by atoms with E-state index in [1.807, 2.05) is 37.3 Å². The highest BCUT2D eigenvalue weighted by Gasteiger charge is 2.17. The van der Waals surface area contributed by atoms with Gasteiger partial charge in [0, 0.05) is 5.56 Å². The summed E-state index contributed by atoms with van der Waals surface area (Å²) >= 11 is 0. The first-order valence-corrected chi connectivity index (χ1v) is 4.56. The minimum Gasteiger partial charge on any atom is -0.497 e. The average molecular weight is 191 g/mol. The Bertz CT molecular complexity index is 374. The molecule has 3 heteroatoms. The summed E-state index contributed by atoms with van der Waals surface area (Å²) in [5.41, 5.74) is 1.80. The molecule has 1 atom stereocenters. The fraction of sp³-hybridized carbons (Fsp3) is 0.273. The van der Waals surface area contributed by atoms with E-state index in [4.69, 9.17) is 4.74 Å². The van der Waals surface area contributed by atoms with E-state index < -0.39 is 0 Å². The number of benzene rings is 1. The molecule has 0 radical (unpaired) electrons. The summed E-state index contributed by atoms with van der Waals surface area (Å²) in [5, 5.41) is 11.0. The predicted molar refractivity (Wildman–Crippen MR) is 55.8 cm³/mol. The van der Waals surface area contributed by atoms with Crippen molar-refractivity contribution in [1.82, 2.24) is 0 Å². The van der Waals surface area contributed by atoms with E-state index in [0.29, 0.717) is 0 Å².